The molecule has 3 heterocycles. The van der Waals surface area contributed by atoms with Crippen molar-refractivity contribution in [1.82, 2.24) is 14.8 Å². The molecule has 0 radical (unpaired) electrons. The van der Waals surface area contributed by atoms with Gasteiger partial charge in [0, 0.05) is 30.9 Å². The number of ether oxygens (including phenoxy) is 1. The van der Waals surface area contributed by atoms with E-state index in [1.54, 1.807) is 0 Å². The maximum atomic E-state index is 12.3. The summed E-state index contributed by atoms with van der Waals surface area (Å²) in [5.74, 6) is 0. The van der Waals surface area contributed by atoms with E-state index >= 15 is 0 Å². The Labute approximate surface area is 109 Å². The number of amides is 2. The molecule has 1 fully saturated rings. The number of nitrogen functional groups attached to an aromatic ring is 1. The summed E-state index contributed by atoms with van der Waals surface area (Å²) in [5.41, 5.74) is 6.76. The molecular weight excluding hydrogens is 252 g/mol. The molecular formula is C11H16N4O2S. The van der Waals surface area contributed by atoms with Crippen molar-refractivity contribution in [2.24, 2.45) is 0 Å². The van der Waals surface area contributed by atoms with E-state index in [-0.39, 0.29) is 6.03 Å². The number of carbonyl (C=O) groups is 1. The predicted octanol–water partition coefficient (Wildman–Crippen LogP) is 0.536. The number of nitrogens with two attached hydrogens (primary N) is 1. The van der Waals surface area contributed by atoms with Crippen molar-refractivity contribution in [2.45, 2.75) is 13.0 Å². The van der Waals surface area contributed by atoms with E-state index in [1.807, 2.05) is 9.80 Å². The molecule has 0 aromatic carbocycles. The van der Waals surface area contributed by atoms with Crippen LogP contribution in [0.5, 0.6) is 0 Å². The molecule has 0 aliphatic carbocycles. The molecule has 2 aliphatic heterocycles. The maximum Gasteiger partial charge on any atom is 0.320 e. The third-order valence-electron chi connectivity index (χ3n) is 3.30. The predicted molar refractivity (Wildman–Crippen MR) is 68.4 cm³/mol. The highest BCUT2D eigenvalue weighted by atomic mass is 32.1. The van der Waals surface area contributed by atoms with Crippen molar-refractivity contribution < 1.29 is 9.53 Å². The monoisotopic (exact) mass is 268 g/mol. The molecule has 2 amide bonds. The van der Waals surface area contributed by atoms with E-state index in [4.69, 9.17) is 10.5 Å². The smallest absolute Gasteiger partial charge is 0.320 e. The average molecular weight is 268 g/mol. The molecule has 0 bridgehead atoms. The second-order valence-corrected chi connectivity index (χ2v) is 5.59. The Morgan fingerprint density at radius 2 is 2.06 bits per heavy atom. The zero-order valence-electron chi connectivity index (χ0n) is 10.1. The molecule has 7 heteroatoms. The van der Waals surface area contributed by atoms with Crippen molar-refractivity contribution in [3.8, 4) is 0 Å². The number of hydrogen-bond donors (Lipinski definition) is 1. The molecule has 3 rings (SSSR count). The molecule has 1 saturated heterocycles. The topological polar surface area (TPSA) is 71.7 Å². The van der Waals surface area contributed by atoms with Gasteiger partial charge in [-0.2, -0.15) is 0 Å². The Balaban J connectivity index is 1.69. The quantitative estimate of drug-likeness (QED) is 0.745. The largest absolute Gasteiger partial charge is 0.378 e. The van der Waals surface area contributed by atoms with Crippen LogP contribution in [-0.2, 0) is 17.7 Å². The van der Waals surface area contributed by atoms with Crippen LogP contribution in [-0.4, -0.2) is 53.7 Å². The third kappa shape index (κ3) is 2.15. The van der Waals surface area contributed by atoms with Gasteiger partial charge in [-0.15, -0.1) is 11.3 Å². The summed E-state index contributed by atoms with van der Waals surface area (Å²) in [4.78, 5) is 21.5. The minimum absolute atomic E-state index is 0.107. The second-order valence-electron chi connectivity index (χ2n) is 4.48. The lowest BCUT2D eigenvalue weighted by Crippen LogP contribution is -2.49. The van der Waals surface area contributed by atoms with Gasteiger partial charge in [-0.25, -0.2) is 9.78 Å². The lowest BCUT2D eigenvalue weighted by molar-refractivity contribution is 0.0422. The molecule has 6 nitrogen and oxygen atoms in total. The van der Waals surface area contributed by atoms with Crippen LogP contribution < -0.4 is 5.73 Å². The van der Waals surface area contributed by atoms with Crippen molar-refractivity contribution in [2.75, 3.05) is 38.6 Å². The summed E-state index contributed by atoms with van der Waals surface area (Å²) in [7, 11) is 0. The zero-order chi connectivity index (χ0) is 12.5. The first-order valence-electron chi connectivity index (χ1n) is 6.09. The van der Waals surface area contributed by atoms with Gasteiger partial charge in [-0.1, -0.05) is 0 Å². The summed E-state index contributed by atoms with van der Waals surface area (Å²) >= 11 is 1.49. The second kappa shape index (κ2) is 4.74. The van der Waals surface area contributed by atoms with Gasteiger partial charge in [0.2, 0.25) is 0 Å². The van der Waals surface area contributed by atoms with E-state index in [2.05, 4.69) is 4.98 Å². The number of rotatable bonds is 0. The van der Waals surface area contributed by atoms with Crippen LogP contribution >= 0.6 is 11.3 Å². The van der Waals surface area contributed by atoms with Gasteiger partial charge in [0.1, 0.15) is 0 Å². The first-order chi connectivity index (χ1) is 8.74. The van der Waals surface area contributed by atoms with Crippen LogP contribution in [0.4, 0.5) is 9.93 Å². The van der Waals surface area contributed by atoms with Crippen LogP contribution in [0.1, 0.15) is 10.6 Å². The van der Waals surface area contributed by atoms with Gasteiger partial charge in [-0.05, 0) is 0 Å². The number of morpholine rings is 1. The molecule has 0 saturated carbocycles. The lowest BCUT2D eigenvalue weighted by atomic mass is 10.2. The first-order valence-corrected chi connectivity index (χ1v) is 6.91. The van der Waals surface area contributed by atoms with Crippen molar-refractivity contribution >= 4 is 22.5 Å². The lowest BCUT2D eigenvalue weighted by Gasteiger charge is -2.34. The molecule has 1 aromatic heterocycles. The van der Waals surface area contributed by atoms with E-state index in [1.165, 1.54) is 11.3 Å². The number of nitrogens with zero attached hydrogens (tertiary/aromatic N) is 3. The summed E-state index contributed by atoms with van der Waals surface area (Å²) in [6, 6.07) is 0.107. The molecule has 0 unspecified atom stereocenters. The molecule has 0 spiro atoms. The van der Waals surface area contributed by atoms with Crippen LogP contribution in [0, 0.1) is 0 Å². The summed E-state index contributed by atoms with van der Waals surface area (Å²) in [6.07, 6.45) is 0.805. The average Bonchev–Trinajstić information content (AvgIpc) is 2.78. The normalized spacial score (nSPS) is 19.8. The molecule has 2 aliphatic rings. The zero-order valence-corrected chi connectivity index (χ0v) is 10.9. The molecule has 98 valence electrons. The van der Waals surface area contributed by atoms with Crippen LogP contribution in [0.2, 0.25) is 0 Å². The van der Waals surface area contributed by atoms with E-state index < -0.39 is 0 Å². The highest BCUT2D eigenvalue weighted by molar-refractivity contribution is 7.15. The van der Waals surface area contributed by atoms with Gasteiger partial charge in [0.05, 0.1) is 25.5 Å². The van der Waals surface area contributed by atoms with Crippen molar-refractivity contribution in [1.29, 1.82) is 0 Å². The van der Waals surface area contributed by atoms with Crippen molar-refractivity contribution in [3.05, 3.63) is 10.6 Å². The molecule has 18 heavy (non-hydrogen) atoms. The fraction of sp³-hybridized carbons (Fsp3) is 0.636. The Bertz CT molecular complexity index is 456. The first kappa shape index (κ1) is 11.7. The van der Waals surface area contributed by atoms with Crippen LogP contribution in [0.15, 0.2) is 0 Å². The van der Waals surface area contributed by atoms with E-state index in [0.29, 0.717) is 38.0 Å². The number of fused-ring (bicyclic) bond motifs is 1. The molecule has 2 N–H and O–H groups in total. The van der Waals surface area contributed by atoms with E-state index in [0.717, 1.165) is 23.5 Å². The fourth-order valence-electron chi connectivity index (χ4n) is 2.33. The summed E-state index contributed by atoms with van der Waals surface area (Å²) < 4.78 is 5.26. The van der Waals surface area contributed by atoms with Gasteiger partial charge in [0.25, 0.3) is 0 Å². The number of anilines is 1. The van der Waals surface area contributed by atoms with Crippen LogP contribution in [0.3, 0.4) is 0 Å². The minimum atomic E-state index is 0.107. The number of thiazole rings is 1. The third-order valence-corrected chi connectivity index (χ3v) is 4.21. The number of carbonyl (C=O) groups excluding carboxylic acids is 1. The van der Waals surface area contributed by atoms with Gasteiger partial charge < -0.3 is 20.3 Å². The Hall–Kier alpha value is -1.34. The fourth-order valence-corrected chi connectivity index (χ4v) is 3.23. The SMILES string of the molecule is Nc1nc2c(s1)CN(C(=O)N1CCOCC1)CC2. The standard InChI is InChI=1S/C11H16N4O2S/c12-10-13-8-1-2-15(7-9(8)18-10)11(16)14-3-5-17-6-4-14/h1-7H2,(H2,12,13). The number of hydrogen-bond acceptors (Lipinski definition) is 5. The highest BCUT2D eigenvalue weighted by Crippen LogP contribution is 2.26. The minimum Gasteiger partial charge on any atom is -0.378 e. The van der Waals surface area contributed by atoms with E-state index in [9.17, 15) is 4.79 Å². The Morgan fingerprint density at radius 3 is 2.83 bits per heavy atom. The Morgan fingerprint density at radius 1 is 1.28 bits per heavy atom. The summed E-state index contributed by atoms with van der Waals surface area (Å²) in [5, 5.41) is 0.598. The highest BCUT2D eigenvalue weighted by Gasteiger charge is 2.27. The molecule has 1 aromatic rings. The van der Waals surface area contributed by atoms with Gasteiger partial charge in [-0.3, -0.25) is 0 Å². The number of urea groups is 1. The Kier molecular flexibility index (Phi) is 3.09. The number of aromatic nitrogens is 1. The molecule has 0 atom stereocenters. The maximum absolute atomic E-state index is 12.3. The van der Waals surface area contributed by atoms with Crippen molar-refractivity contribution in [3.63, 3.8) is 0 Å². The van der Waals surface area contributed by atoms with Crippen LogP contribution in [0.25, 0.3) is 0 Å². The van der Waals surface area contributed by atoms with Gasteiger partial charge >= 0.3 is 6.03 Å². The van der Waals surface area contributed by atoms with Gasteiger partial charge in [0.15, 0.2) is 5.13 Å². The summed E-state index contributed by atoms with van der Waals surface area (Å²) in [6.45, 7) is 4.02.